The van der Waals surface area contributed by atoms with Crippen molar-refractivity contribution in [1.82, 2.24) is 15.4 Å². The summed E-state index contributed by atoms with van der Waals surface area (Å²) in [5.74, 6) is 0.454. The number of aromatic nitrogens is 2. The number of nitrogens with two attached hydrogens (primary N) is 1. The monoisotopic (exact) mass is 412 g/mol. The summed E-state index contributed by atoms with van der Waals surface area (Å²) in [6.07, 6.45) is 1.36. The van der Waals surface area contributed by atoms with Crippen molar-refractivity contribution in [2.75, 3.05) is 16.5 Å². The van der Waals surface area contributed by atoms with E-state index < -0.39 is 0 Å². The summed E-state index contributed by atoms with van der Waals surface area (Å²) in [6.45, 7) is 2.00. The lowest BCUT2D eigenvalue weighted by Gasteiger charge is -2.13. The van der Waals surface area contributed by atoms with Gasteiger partial charge in [-0.15, -0.1) is 0 Å². The minimum Gasteiger partial charge on any atom is -0.393 e. The van der Waals surface area contributed by atoms with Gasteiger partial charge in [-0.05, 0) is 48.9 Å². The Bertz CT molecular complexity index is 929. The van der Waals surface area contributed by atoms with Crippen LogP contribution in [0.4, 0.5) is 23.0 Å². The molecule has 1 heterocycles. The Morgan fingerprint density at radius 1 is 1.08 bits per heavy atom. The van der Waals surface area contributed by atoms with E-state index in [2.05, 4.69) is 42.1 Å². The van der Waals surface area contributed by atoms with E-state index >= 15 is 0 Å². The standard InChI is InChI=1S/C18H17BrN6O/c1-11-3-2-4-14(9-11)23-16-15(20)17(22-10-21-16)24-25-18(26)12-5-7-13(19)8-6-12/h2-10H,20H2,1H3,(H,25,26)(H2,21,22,23,24). The molecule has 8 heteroatoms. The summed E-state index contributed by atoms with van der Waals surface area (Å²) in [6, 6.07) is 14.8. The third-order valence-corrected chi connectivity index (χ3v) is 4.09. The summed E-state index contributed by atoms with van der Waals surface area (Å²) in [4.78, 5) is 20.4. The highest BCUT2D eigenvalue weighted by molar-refractivity contribution is 9.10. The minimum absolute atomic E-state index is 0.296. The molecule has 5 N–H and O–H groups in total. The van der Waals surface area contributed by atoms with Gasteiger partial charge < -0.3 is 11.1 Å². The molecule has 2 aromatic carbocycles. The van der Waals surface area contributed by atoms with Gasteiger partial charge in [0.15, 0.2) is 11.6 Å². The zero-order valence-electron chi connectivity index (χ0n) is 14.0. The molecule has 0 spiro atoms. The molecule has 0 saturated carbocycles. The first-order valence-electron chi connectivity index (χ1n) is 7.79. The van der Waals surface area contributed by atoms with Gasteiger partial charge in [-0.25, -0.2) is 9.97 Å². The van der Waals surface area contributed by atoms with E-state index in [4.69, 9.17) is 5.73 Å². The lowest BCUT2D eigenvalue weighted by molar-refractivity contribution is 0.0962. The van der Waals surface area contributed by atoms with Crippen LogP contribution in [0.25, 0.3) is 0 Å². The number of carbonyl (C=O) groups is 1. The van der Waals surface area contributed by atoms with Crippen LogP contribution in [0.5, 0.6) is 0 Å². The number of halogens is 1. The van der Waals surface area contributed by atoms with Crippen LogP contribution in [-0.2, 0) is 0 Å². The van der Waals surface area contributed by atoms with Crippen molar-refractivity contribution in [2.24, 2.45) is 0 Å². The number of hydrogen-bond donors (Lipinski definition) is 4. The molecule has 132 valence electrons. The average molecular weight is 413 g/mol. The molecule has 26 heavy (non-hydrogen) atoms. The molecule has 1 amide bonds. The third-order valence-electron chi connectivity index (χ3n) is 3.57. The van der Waals surface area contributed by atoms with Crippen LogP contribution in [0, 0.1) is 6.92 Å². The normalized spacial score (nSPS) is 10.2. The van der Waals surface area contributed by atoms with Gasteiger partial charge in [-0.2, -0.15) is 0 Å². The van der Waals surface area contributed by atoms with Gasteiger partial charge in [0.25, 0.3) is 5.91 Å². The summed E-state index contributed by atoms with van der Waals surface area (Å²) in [5, 5.41) is 3.14. The number of nitrogens with one attached hydrogen (secondary N) is 3. The Hall–Kier alpha value is -3.13. The molecule has 1 aromatic heterocycles. The summed E-state index contributed by atoms with van der Waals surface area (Å²) in [5.41, 5.74) is 14.2. The first-order valence-corrected chi connectivity index (χ1v) is 8.58. The molecule has 0 fully saturated rings. The van der Waals surface area contributed by atoms with Crippen LogP contribution in [-0.4, -0.2) is 15.9 Å². The number of aryl methyl sites for hydroxylation is 1. The molecule has 3 aromatic rings. The second-order valence-electron chi connectivity index (χ2n) is 5.57. The summed E-state index contributed by atoms with van der Waals surface area (Å²) < 4.78 is 0.897. The number of hydrazine groups is 1. The maximum atomic E-state index is 12.2. The topological polar surface area (TPSA) is 105 Å². The minimum atomic E-state index is -0.302. The molecule has 0 aliphatic heterocycles. The lowest BCUT2D eigenvalue weighted by atomic mass is 10.2. The number of nitrogens with zero attached hydrogens (tertiary/aromatic N) is 2. The fraction of sp³-hybridized carbons (Fsp3) is 0.0556. The van der Waals surface area contributed by atoms with Gasteiger partial charge in [0, 0.05) is 15.7 Å². The van der Waals surface area contributed by atoms with E-state index in [9.17, 15) is 4.79 Å². The lowest BCUT2D eigenvalue weighted by Crippen LogP contribution is -2.30. The molecule has 0 bridgehead atoms. The highest BCUT2D eigenvalue weighted by Gasteiger charge is 2.10. The maximum absolute atomic E-state index is 12.2. The van der Waals surface area contributed by atoms with Crippen molar-refractivity contribution < 1.29 is 4.79 Å². The quantitative estimate of drug-likeness (QED) is 0.476. The smallest absolute Gasteiger partial charge is 0.269 e. The molecule has 0 atom stereocenters. The molecule has 0 radical (unpaired) electrons. The van der Waals surface area contributed by atoms with Crippen molar-refractivity contribution in [3.8, 4) is 0 Å². The Labute approximate surface area is 159 Å². The van der Waals surface area contributed by atoms with E-state index in [1.54, 1.807) is 24.3 Å². The number of nitrogen functional groups attached to an aromatic ring is 1. The van der Waals surface area contributed by atoms with Crippen LogP contribution in [0.2, 0.25) is 0 Å². The number of anilines is 4. The largest absolute Gasteiger partial charge is 0.393 e. The zero-order chi connectivity index (χ0) is 18.5. The van der Waals surface area contributed by atoms with Crippen LogP contribution < -0.4 is 21.9 Å². The number of hydrogen-bond acceptors (Lipinski definition) is 6. The maximum Gasteiger partial charge on any atom is 0.269 e. The summed E-state index contributed by atoms with van der Waals surface area (Å²) in [7, 11) is 0. The molecule has 3 rings (SSSR count). The Morgan fingerprint density at radius 2 is 1.81 bits per heavy atom. The van der Waals surface area contributed by atoms with Crippen LogP contribution in [0.15, 0.2) is 59.3 Å². The zero-order valence-corrected chi connectivity index (χ0v) is 15.5. The Balaban J connectivity index is 1.70. The van der Waals surface area contributed by atoms with Crippen LogP contribution in [0.1, 0.15) is 15.9 Å². The van der Waals surface area contributed by atoms with Gasteiger partial charge >= 0.3 is 0 Å². The van der Waals surface area contributed by atoms with E-state index in [1.807, 2.05) is 31.2 Å². The van der Waals surface area contributed by atoms with Crippen molar-refractivity contribution in [3.05, 3.63) is 70.5 Å². The van der Waals surface area contributed by atoms with E-state index in [0.29, 0.717) is 22.9 Å². The Morgan fingerprint density at radius 3 is 2.54 bits per heavy atom. The highest BCUT2D eigenvalue weighted by atomic mass is 79.9. The fourth-order valence-electron chi connectivity index (χ4n) is 2.24. The second kappa shape index (κ2) is 7.83. The van der Waals surface area contributed by atoms with Gasteiger partial charge in [-0.1, -0.05) is 28.1 Å². The number of carbonyl (C=O) groups excluding carboxylic acids is 1. The molecule has 0 unspecified atom stereocenters. The molecule has 0 aliphatic rings. The van der Waals surface area contributed by atoms with Crippen molar-refractivity contribution >= 4 is 44.8 Å². The first-order chi connectivity index (χ1) is 12.5. The van der Waals surface area contributed by atoms with Gasteiger partial charge in [0.1, 0.15) is 12.0 Å². The van der Waals surface area contributed by atoms with Gasteiger partial charge in [0.2, 0.25) is 0 Å². The predicted molar refractivity (Wildman–Crippen MR) is 106 cm³/mol. The highest BCUT2D eigenvalue weighted by Crippen LogP contribution is 2.25. The number of rotatable bonds is 5. The SMILES string of the molecule is Cc1cccc(Nc2ncnc(NNC(=O)c3ccc(Br)cc3)c2N)c1. The molecular formula is C18H17BrN6O. The second-order valence-corrected chi connectivity index (χ2v) is 6.48. The molecule has 0 aliphatic carbocycles. The third kappa shape index (κ3) is 4.28. The predicted octanol–water partition coefficient (Wildman–Crippen LogP) is 3.63. The van der Waals surface area contributed by atoms with Gasteiger partial charge in [-0.3, -0.25) is 15.6 Å². The average Bonchev–Trinajstić information content (AvgIpc) is 2.63. The van der Waals surface area contributed by atoms with Gasteiger partial charge in [0.05, 0.1) is 0 Å². The summed E-state index contributed by atoms with van der Waals surface area (Å²) >= 11 is 3.33. The van der Waals surface area contributed by atoms with E-state index in [1.165, 1.54) is 6.33 Å². The molecule has 0 saturated heterocycles. The van der Waals surface area contributed by atoms with Crippen LogP contribution in [0.3, 0.4) is 0 Å². The van der Waals surface area contributed by atoms with E-state index in [-0.39, 0.29) is 5.91 Å². The number of benzene rings is 2. The van der Waals surface area contributed by atoms with Crippen molar-refractivity contribution in [3.63, 3.8) is 0 Å². The van der Waals surface area contributed by atoms with Crippen LogP contribution >= 0.6 is 15.9 Å². The van der Waals surface area contributed by atoms with Crippen molar-refractivity contribution in [2.45, 2.75) is 6.92 Å². The molecular weight excluding hydrogens is 396 g/mol. The molecule has 7 nitrogen and oxygen atoms in total. The first kappa shape index (κ1) is 17.7. The fourth-order valence-corrected chi connectivity index (χ4v) is 2.51. The number of amides is 1. The Kier molecular flexibility index (Phi) is 5.33. The van der Waals surface area contributed by atoms with E-state index in [0.717, 1.165) is 15.7 Å². The van der Waals surface area contributed by atoms with Crippen molar-refractivity contribution in [1.29, 1.82) is 0 Å².